The standard InChI is InChI=1S/C12H14O2S/c1-3-13-14-8-11-7-10-6-9(2)4-5-12(10)15-11/h4-7H,3,8H2,1-2H3. The maximum atomic E-state index is 5.04. The van der Waals surface area contributed by atoms with Gasteiger partial charge in [-0.15, -0.1) is 11.3 Å². The van der Waals surface area contributed by atoms with Crippen molar-refractivity contribution in [1.29, 1.82) is 0 Å². The first-order valence-electron chi connectivity index (χ1n) is 5.03. The van der Waals surface area contributed by atoms with Gasteiger partial charge in [-0.2, -0.15) is 0 Å². The molecule has 0 atom stereocenters. The Kier molecular flexibility index (Phi) is 3.36. The van der Waals surface area contributed by atoms with Gasteiger partial charge in [0.1, 0.15) is 6.61 Å². The number of hydrogen-bond donors (Lipinski definition) is 0. The summed E-state index contributed by atoms with van der Waals surface area (Å²) in [5.74, 6) is 0. The molecule has 0 aliphatic rings. The number of hydrogen-bond acceptors (Lipinski definition) is 3. The molecule has 0 aliphatic carbocycles. The molecule has 1 aromatic heterocycles. The van der Waals surface area contributed by atoms with Crippen LogP contribution in [-0.2, 0) is 16.4 Å². The van der Waals surface area contributed by atoms with E-state index in [9.17, 15) is 0 Å². The molecule has 1 aromatic carbocycles. The van der Waals surface area contributed by atoms with Gasteiger partial charge >= 0.3 is 0 Å². The number of rotatable bonds is 4. The highest BCUT2D eigenvalue weighted by Crippen LogP contribution is 2.26. The number of thiophene rings is 1. The van der Waals surface area contributed by atoms with Gasteiger partial charge in [0.05, 0.1) is 6.61 Å². The monoisotopic (exact) mass is 222 g/mol. The molecule has 80 valence electrons. The Bertz CT molecular complexity index is 448. The SMILES string of the molecule is CCOOCc1cc2cc(C)ccc2s1. The third-order valence-electron chi connectivity index (χ3n) is 2.13. The summed E-state index contributed by atoms with van der Waals surface area (Å²) in [4.78, 5) is 11.1. The molecule has 0 saturated heterocycles. The van der Waals surface area contributed by atoms with Crippen molar-refractivity contribution in [3.63, 3.8) is 0 Å². The van der Waals surface area contributed by atoms with Gasteiger partial charge in [0, 0.05) is 9.58 Å². The molecule has 2 nitrogen and oxygen atoms in total. The first-order chi connectivity index (χ1) is 7.29. The molecule has 0 aliphatic heterocycles. The van der Waals surface area contributed by atoms with E-state index in [1.165, 1.54) is 20.5 Å². The highest BCUT2D eigenvalue weighted by Gasteiger charge is 2.02. The number of fused-ring (bicyclic) bond motifs is 1. The lowest BCUT2D eigenvalue weighted by Gasteiger charge is -1.97. The van der Waals surface area contributed by atoms with Crippen molar-refractivity contribution in [1.82, 2.24) is 0 Å². The van der Waals surface area contributed by atoms with E-state index in [2.05, 4.69) is 31.2 Å². The van der Waals surface area contributed by atoms with Gasteiger partial charge in [-0.1, -0.05) is 17.7 Å². The average molecular weight is 222 g/mol. The third kappa shape index (κ3) is 2.56. The molecule has 0 saturated carbocycles. The van der Waals surface area contributed by atoms with Gasteiger partial charge in [-0.3, -0.25) is 0 Å². The van der Waals surface area contributed by atoms with Crippen LogP contribution in [0.15, 0.2) is 24.3 Å². The summed E-state index contributed by atoms with van der Waals surface area (Å²) >= 11 is 1.75. The van der Waals surface area contributed by atoms with Gasteiger partial charge in [-0.05, 0) is 31.4 Å². The molecule has 0 unspecified atom stereocenters. The minimum Gasteiger partial charge on any atom is -0.237 e. The molecule has 0 N–H and O–H groups in total. The maximum Gasteiger partial charge on any atom is 0.116 e. The fourth-order valence-corrected chi connectivity index (χ4v) is 2.42. The van der Waals surface area contributed by atoms with Crippen LogP contribution in [0.2, 0.25) is 0 Å². The molecule has 0 spiro atoms. The zero-order valence-electron chi connectivity index (χ0n) is 8.95. The summed E-state index contributed by atoms with van der Waals surface area (Å²) in [5.41, 5.74) is 1.29. The first-order valence-corrected chi connectivity index (χ1v) is 5.84. The fourth-order valence-electron chi connectivity index (χ4n) is 1.47. The van der Waals surface area contributed by atoms with E-state index in [1.54, 1.807) is 11.3 Å². The van der Waals surface area contributed by atoms with Crippen molar-refractivity contribution in [2.75, 3.05) is 6.61 Å². The molecule has 2 rings (SSSR count). The molecule has 3 heteroatoms. The first kappa shape index (κ1) is 10.6. The van der Waals surface area contributed by atoms with Crippen molar-refractivity contribution < 1.29 is 9.78 Å². The largest absolute Gasteiger partial charge is 0.237 e. The molecule has 0 radical (unpaired) electrons. The van der Waals surface area contributed by atoms with E-state index < -0.39 is 0 Å². The van der Waals surface area contributed by atoms with E-state index in [4.69, 9.17) is 9.78 Å². The van der Waals surface area contributed by atoms with Crippen LogP contribution < -0.4 is 0 Å². The molecule has 0 amide bonds. The number of benzene rings is 1. The smallest absolute Gasteiger partial charge is 0.116 e. The summed E-state index contributed by atoms with van der Waals surface area (Å²) < 4.78 is 1.30. The maximum absolute atomic E-state index is 5.04. The molecule has 2 aromatic rings. The van der Waals surface area contributed by atoms with Crippen molar-refractivity contribution >= 4 is 21.4 Å². The van der Waals surface area contributed by atoms with Crippen LogP contribution in [0.1, 0.15) is 17.4 Å². The Morgan fingerprint density at radius 2 is 2.07 bits per heavy atom. The lowest BCUT2D eigenvalue weighted by Crippen LogP contribution is -1.91. The Morgan fingerprint density at radius 3 is 2.87 bits per heavy atom. The van der Waals surface area contributed by atoms with Crippen LogP contribution in [-0.4, -0.2) is 6.61 Å². The van der Waals surface area contributed by atoms with E-state index in [0.29, 0.717) is 13.2 Å². The van der Waals surface area contributed by atoms with Crippen molar-refractivity contribution in [3.05, 3.63) is 34.7 Å². The van der Waals surface area contributed by atoms with Crippen LogP contribution in [0.5, 0.6) is 0 Å². The topological polar surface area (TPSA) is 18.5 Å². The van der Waals surface area contributed by atoms with Gasteiger partial charge in [0.2, 0.25) is 0 Å². The van der Waals surface area contributed by atoms with Gasteiger partial charge < -0.3 is 0 Å². The summed E-state index contributed by atoms with van der Waals surface area (Å²) in [6, 6.07) is 8.63. The van der Waals surface area contributed by atoms with Crippen molar-refractivity contribution in [2.24, 2.45) is 0 Å². The summed E-state index contributed by atoms with van der Waals surface area (Å²) in [5, 5.41) is 1.29. The third-order valence-corrected chi connectivity index (χ3v) is 3.21. The number of aryl methyl sites for hydroxylation is 1. The zero-order chi connectivity index (χ0) is 10.7. The van der Waals surface area contributed by atoms with E-state index in [-0.39, 0.29) is 0 Å². The Morgan fingerprint density at radius 1 is 1.20 bits per heavy atom. The van der Waals surface area contributed by atoms with Gasteiger partial charge in [-0.25, -0.2) is 9.78 Å². The molecule has 0 bridgehead atoms. The average Bonchev–Trinajstić information content (AvgIpc) is 2.60. The van der Waals surface area contributed by atoms with Crippen LogP contribution in [0.3, 0.4) is 0 Å². The van der Waals surface area contributed by atoms with Crippen LogP contribution in [0.25, 0.3) is 10.1 Å². The van der Waals surface area contributed by atoms with E-state index >= 15 is 0 Å². The minimum absolute atomic E-state index is 0.534. The van der Waals surface area contributed by atoms with Crippen molar-refractivity contribution in [3.8, 4) is 0 Å². The van der Waals surface area contributed by atoms with E-state index in [0.717, 1.165) is 0 Å². The minimum atomic E-state index is 0.534. The molecule has 1 heterocycles. The molecule has 0 fully saturated rings. The zero-order valence-corrected chi connectivity index (χ0v) is 9.76. The Balaban J connectivity index is 2.16. The molecular formula is C12H14O2S. The lowest BCUT2D eigenvalue weighted by molar-refractivity contribution is -0.300. The molecular weight excluding hydrogens is 208 g/mol. The summed E-state index contributed by atoms with van der Waals surface area (Å²) in [7, 11) is 0. The van der Waals surface area contributed by atoms with Gasteiger partial charge in [0.25, 0.3) is 0 Å². The van der Waals surface area contributed by atoms with Crippen LogP contribution in [0, 0.1) is 6.92 Å². The fraction of sp³-hybridized carbons (Fsp3) is 0.333. The predicted octanol–water partition coefficient (Wildman–Crippen LogP) is 3.68. The van der Waals surface area contributed by atoms with Crippen LogP contribution >= 0.6 is 11.3 Å². The summed E-state index contributed by atoms with van der Waals surface area (Å²) in [6.07, 6.45) is 0. The Labute approximate surface area is 93.4 Å². The predicted molar refractivity (Wildman–Crippen MR) is 63.0 cm³/mol. The second-order valence-corrected chi connectivity index (χ2v) is 4.59. The molecule has 15 heavy (non-hydrogen) atoms. The second-order valence-electron chi connectivity index (χ2n) is 3.42. The second kappa shape index (κ2) is 4.75. The highest BCUT2D eigenvalue weighted by molar-refractivity contribution is 7.19. The lowest BCUT2D eigenvalue weighted by atomic mass is 10.2. The summed E-state index contributed by atoms with van der Waals surface area (Å²) in [6.45, 7) is 5.14. The van der Waals surface area contributed by atoms with Crippen LogP contribution in [0.4, 0.5) is 0 Å². The van der Waals surface area contributed by atoms with Crippen molar-refractivity contribution in [2.45, 2.75) is 20.5 Å². The van der Waals surface area contributed by atoms with Gasteiger partial charge in [0.15, 0.2) is 0 Å². The normalized spacial score (nSPS) is 11.1. The van der Waals surface area contributed by atoms with E-state index in [1.807, 2.05) is 6.92 Å². The highest BCUT2D eigenvalue weighted by atomic mass is 32.1. The quantitative estimate of drug-likeness (QED) is 0.446. The Hall–Kier alpha value is -0.900.